The molecule has 2 aromatic rings. The van der Waals surface area contributed by atoms with Gasteiger partial charge in [-0.25, -0.2) is 9.18 Å². The fourth-order valence-electron chi connectivity index (χ4n) is 2.19. The number of carbonyl (C=O) groups is 1. The number of ether oxygens (including phenoxy) is 2. The SMILES string of the molecule is COc1ccc(OC)c(C(C)NC(=O)Nc2ccc(Cl)c(F)c2)c1. The number of hydrogen-bond donors (Lipinski definition) is 2. The molecule has 0 saturated heterocycles. The van der Waals surface area contributed by atoms with Crippen LogP contribution in [0, 0.1) is 5.82 Å². The molecule has 0 aliphatic heterocycles. The van der Waals surface area contributed by atoms with Crippen LogP contribution in [0.4, 0.5) is 14.9 Å². The molecule has 0 saturated carbocycles. The molecule has 0 spiro atoms. The molecule has 2 rings (SSSR count). The molecular formula is C17H18ClFN2O3. The first-order valence-corrected chi connectivity index (χ1v) is 7.57. The summed E-state index contributed by atoms with van der Waals surface area (Å²) in [4.78, 5) is 12.1. The lowest BCUT2D eigenvalue weighted by atomic mass is 10.1. The second-order valence-corrected chi connectivity index (χ2v) is 5.46. The maximum atomic E-state index is 13.4. The first-order valence-electron chi connectivity index (χ1n) is 7.19. The van der Waals surface area contributed by atoms with E-state index in [1.165, 1.54) is 12.1 Å². The first kappa shape index (κ1) is 17.9. The number of anilines is 1. The Balaban J connectivity index is 2.09. The molecule has 128 valence electrons. The van der Waals surface area contributed by atoms with Gasteiger partial charge >= 0.3 is 6.03 Å². The van der Waals surface area contributed by atoms with Crippen LogP contribution in [-0.2, 0) is 0 Å². The molecule has 0 fully saturated rings. The number of urea groups is 1. The van der Waals surface area contributed by atoms with Gasteiger partial charge in [-0.15, -0.1) is 0 Å². The van der Waals surface area contributed by atoms with Gasteiger partial charge in [0, 0.05) is 11.3 Å². The number of halogens is 2. The van der Waals surface area contributed by atoms with Crippen molar-refractivity contribution in [2.45, 2.75) is 13.0 Å². The lowest BCUT2D eigenvalue weighted by Gasteiger charge is -2.18. The summed E-state index contributed by atoms with van der Waals surface area (Å²) in [6.45, 7) is 1.80. The third-order valence-electron chi connectivity index (χ3n) is 3.43. The van der Waals surface area contributed by atoms with E-state index in [0.717, 1.165) is 11.6 Å². The number of amides is 2. The van der Waals surface area contributed by atoms with E-state index in [2.05, 4.69) is 10.6 Å². The smallest absolute Gasteiger partial charge is 0.319 e. The number of methoxy groups -OCH3 is 2. The van der Waals surface area contributed by atoms with Crippen LogP contribution in [0.1, 0.15) is 18.5 Å². The van der Waals surface area contributed by atoms with E-state index in [0.29, 0.717) is 17.2 Å². The first-order chi connectivity index (χ1) is 11.4. The Morgan fingerprint density at radius 3 is 2.54 bits per heavy atom. The third kappa shape index (κ3) is 4.29. The summed E-state index contributed by atoms with van der Waals surface area (Å²) in [5, 5.41) is 5.32. The molecule has 2 N–H and O–H groups in total. The molecule has 2 amide bonds. The van der Waals surface area contributed by atoms with Crippen molar-refractivity contribution < 1.29 is 18.7 Å². The Kier molecular flexibility index (Phi) is 5.87. The predicted molar refractivity (Wildman–Crippen MR) is 91.5 cm³/mol. The molecule has 0 heterocycles. The largest absolute Gasteiger partial charge is 0.497 e. The Bertz CT molecular complexity index is 740. The zero-order valence-electron chi connectivity index (χ0n) is 13.5. The van der Waals surface area contributed by atoms with Crippen LogP contribution in [0.25, 0.3) is 0 Å². The predicted octanol–water partition coefficient (Wildman–Crippen LogP) is 4.38. The summed E-state index contributed by atoms with van der Waals surface area (Å²) in [7, 11) is 3.11. The van der Waals surface area contributed by atoms with Gasteiger partial charge in [0.15, 0.2) is 0 Å². The van der Waals surface area contributed by atoms with Crippen molar-refractivity contribution in [1.29, 1.82) is 0 Å². The van der Waals surface area contributed by atoms with E-state index in [9.17, 15) is 9.18 Å². The van der Waals surface area contributed by atoms with Gasteiger partial charge in [-0.05, 0) is 43.3 Å². The van der Waals surface area contributed by atoms with Gasteiger partial charge < -0.3 is 20.1 Å². The molecule has 0 aliphatic carbocycles. The van der Waals surface area contributed by atoms with Crippen molar-refractivity contribution in [3.05, 3.63) is 52.8 Å². The maximum absolute atomic E-state index is 13.4. The van der Waals surface area contributed by atoms with E-state index in [4.69, 9.17) is 21.1 Å². The van der Waals surface area contributed by atoms with Crippen molar-refractivity contribution in [3.8, 4) is 11.5 Å². The molecule has 0 bridgehead atoms. The van der Waals surface area contributed by atoms with Crippen LogP contribution in [0.15, 0.2) is 36.4 Å². The van der Waals surface area contributed by atoms with Gasteiger partial charge in [0.25, 0.3) is 0 Å². The van der Waals surface area contributed by atoms with Crippen LogP contribution in [-0.4, -0.2) is 20.3 Å². The van der Waals surface area contributed by atoms with Crippen LogP contribution in [0.3, 0.4) is 0 Å². The summed E-state index contributed by atoms with van der Waals surface area (Å²) in [6, 6.07) is 8.53. The number of nitrogens with one attached hydrogen (secondary N) is 2. The Labute approximate surface area is 144 Å². The molecule has 1 unspecified atom stereocenters. The summed E-state index contributed by atoms with van der Waals surface area (Å²) < 4.78 is 23.9. The standard InChI is InChI=1S/C17H18ClFN2O3/c1-10(13-9-12(23-2)5-7-16(13)24-3)20-17(22)21-11-4-6-14(18)15(19)8-11/h4-10H,1-3H3,(H2,20,21,22). The Hall–Kier alpha value is -2.47. The van der Waals surface area contributed by atoms with Crippen LogP contribution in [0.2, 0.25) is 5.02 Å². The minimum atomic E-state index is -0.600. The monoisotopic (exact) mass is 352 g/mol. The highest BCUT2D eigenvalue weighted by molar-refractivity contribution is 6.30. The summed E-state index contributed by atoms with van der Waals surface area (Å²) in [6.07, 6.45) is 0. The van der Waals surface area contributed by atoms with Crippen molar-refractivity contribution in [2.24, 2.45) is 0 Å². The van der Waals surface area contributed by atoms with E-state index in [-0.39, 0.29) is 11.1 Å². The summed E-state index contributed by atoms with van der Waals surface area (Å²) in [5.41, 5.74) is 1.06. The van der Waals surface area contributed by atoms with Gasteiger partial charge in [-0.2, -0.15) is 0 Å². The molecular weight excluding hydrogens is 335 g/mol. The molecule has 7 heteroatoms. The highest BCUT2D eigenvalue weighted by atomic mass is 35.5. The Morgan fingerprint density at radius 2 is 1.92 bits per heavy atom. The fourth-order valence-corrected chi connectivity index (χ4v) is 2.31. The fraction of sp³-hybridized carbons (Fsp3) is 0.235. The minimum absolute atomic E-state index is 0.00422. The normalized spacial score (nSPS) is 11.5. The number of benzene rings is 2. The van der Waals surface area contributed by atoms with Gasteiger partial charge in [-0.1, -0.05) is 11.6 Å². The van der Waals surface area contributed by atoms with Crippen molar-refractivity contribution in [3.63, 3.8) is 0 Å². The molecule has 1 atom stereocenters. The van der Waals surface area contributed by atoms with Gasteiger partial charge in [0.05, 0.1) is 25.3 Å². The van der Waals surface area contributed by atoms with Crippen molar-refractivity contribution >= 4 is 23.3 Å². The lowest BCUT2D eigenvalue weighted by Crippen LogP contribution is -2.31. The number of rotatable bonds is 5. The average Bonchev–Trinajstić information content (AvgIpc) is 2.57. The number of hydrogen-bond acceptors (Lipinski definition) is 3. The number of carbonyl (C=O) groups excluding carboxylic acids is 1. The van der Waals surface area contributed by atoms with Gasteiger partial charge in [-0.3, -0.25) is 0 Å². The van der Waals surface area contributed by atoms with E-state index in [1.807, 2.05) is 0 Å². The van der Waals surface area contributed by atoms with Crippen molar-refractivity contribution in [1.82, 2.24) is 5.32 Å². The molecule has 24 heavy (non-hydrogen) atoms. The van der Waals surface area contributed by atoms with Crippen LogP contribution in [0.5, 0.6) is 11.5 Å². The summed E-state index contributed by atoms with van der Waals surface area (Å²) >= 11 is 5.61. The quantitative estimate of drug-likeness (QED) is 0.839. The second-order valence-electron chi connectivity index (χ2n) is 5.06. The molecule has 0 aliphatic rings. The minimum Gasteiger partial charge on any atom is -0.497 e. The van der Waals surface area contributed by atoms with E-state index >= 15 is 0 Å². The average molecular weight is 353 g/mol. The Morgan fingerprint density at radius 1 is 1.17 bits per heavy atom. The third-order valence-corrected chi connectivity index (χ3v) is 3.73. The maximum Gasteiger partial charge on any atom is 0.319 e. The molecule has 0 radical (unpaired) electrons. The van der Waals surface area contributed by atoms with Crippen LogP contribution >= 0.6 is 11.6 Å². The lowest BCUT2D eigenvalue weighted by molar-refractivity contribution is 0.249. The zero-order chi connectivity index (χ0) is 17.7. The van der Waals surface area contributed by atoms with Gasteiger partial charge in [0.2, 0.25) is 0 Å². The van der Waals surface area contributed by atoms with E-state index < -0.39 is 11.8 Å². The highest BCUT2D eigenvalue weighted by Crippen LogP contribution is 2.29. The van der Waals surface area contributed by atoms with Gasteiger partial charge in [0.1, 0.15) is 17.3 Å². The molecule has 0 aromatic heterocycles. The zero-order valence-corrected chi connectivity index (χ0v) is 14.3. The van der Waals surface area contributed by atoms with E-state index in [1.54, 1.807) is 39.3 Å². The molecule has 2 aromatic carbocycles. The highest BCUT2D eigenvalue weighted by Gasteiger charge is 2.15. The molecule has 5 nitrogen and oxygen atoms in total. The van der Waals surface area contributed by atoms with Crippen molar-refractivity contribution in [2.75, 3.05) is 19.5 Å². The topological polar surface area (TPSA) is 59.6 Å². The second kappa shape index (κ2) is 7.88. The summed E-state index contributed by atoms with van der Waals surface area (Å²) in [5.74, 6) is 0.678. The van der Waals surface area contributed by atoms with Crippen LogP contribution < -0.4 is 20.1 Å².